The van der Waals surface area contributed by atoms with E-state index in [-0.39, 0.29) is 0 Å². The summed E-state index contributed by atoms with van der Waals surface area (Å²) >= 11 is 6.07. The molecule has 1 fully saturated rings. The van der Waals surface area contributed by atoms with Crippen molar-refractivity contribution in [2.24, 2.45) is 0 Å². The maximum atomic E-state index is 6.07. The number of benzene rings is 1. The summed E-state index contributed by atoms with van der Waals surface area (Å²) in [5, 5.41) is 4.17. The lowest BCUT2D eigenvalue weighted by Gasteiger charge is -2.21. The minimum Gasteiger partial charge on any atom is -0.496 e. The van der Waals surface area contributed by atoms with Crippen molar-refractivity contribution < 1.29 is 4.74 Å². The average Bonchev–Trinajstić information content (AvgIpc) is 2.76. The number of hydrogen-bond acceptors (Lipinski definition) is 2. The summed E-state index contributed by atoms with van der Waals surface area (Å²) in [6, 6.07) is 6.43. The van der Waals surface area contributed by atoms with Gasteiger partial charge in [0.2, 0.25) is 0 Å². The average molecular weight is 240 g/mol. The fraction of sp³-hybridized carbons (Fsp3) is 0.538. The number of likely N-dealkylation sites (N-methyl/N-ethyl adjacent to an activating group) is 1. The molecule has 2 unspecified atom stereocenters. The molecule has 1 aromatic carbocycles. The minimum atomic E-state index is 0.527. The van der Waals surface area contributed by atoms with E-state index in [2.05, 4.69) is 5.32 Å². The largest absolute Gasteiger partial charge is 0.496 e. The molecule has 16 heavy (non-hydrogen) atoms. The lowest BCUT2D eigenvalue weighted by Crippen LogP contribution is -2.27. The molecule has 0 radical (unpaired) electrons. The van der Waals surface area contributed by atoms with Crippen LogP contribution in [0.25, 0.3) is 0 Å². The topological polar surface area (TPSA) is 21.3 Å². The second kappa shape index (κ2) is 5.07. The molecule has 0 spiro atoms. The Bertz CT molecular complexity index is 367. The van der Waals surface area contributed by atoms with E-state index in [1.165, 1.54) is 24.8 Å². The van der Waals surface area contributed by atoms with E-state index in [4.69, 9.17) is 16.3 Å². The maximum Gasteiger partial charge on any atom is 0.122 e. The van der Waals surface area contributed by atoms with Crippen LogP contribution in [0.1, 0.15) is 30.7 Å². The third kappa shape index (κ3) is 2.18. The van der Waals surface area contributed by atoms with E-state index >= 15 is 0 Å². The number of hydrogen-bond donors (Lipinski definition) is 1. The quantitative estimate of drug-likeness (QED) is 0.875. The van der Waals surface area contributed by atoms with Crippen LogP contribution in [0, 0.1) is 0 Å². The molecule has 0 saturated heterocycles. The molecule has 0 heterocycles. The van der Waals surface area contributed by atoms with Crippen molar-refractivity contribution in [3.63, 3.8) is 0 Å². The second-order valence-electron chi connectivity index (χ2n) is 4.32. The standard InChI is InChI=1S/C13H18ClNO/c1-15-12-5-3-4-10(12)11-8-9(14)6-7-13(11)16-2/h6-8,10,12,15H,3-5H2,1-2H3. The molecule has 0 aliphatic heterocycles. The van der Waals surface area contributed by atoms with E-state index in [1.807, 2.05) is 25.2 Å². The van der Waals surface area contributed by atoms with Gasteiger partial charge in [-0.15, -0.1) is 0 Å². The summed E-state index contributed by atoms with van der Waals surface area (Å²) < 4.78 is 5.42. The SMILES string of the molecule is CNC1CCCC1c1cc(Cl)ccc1OC. The molecule has 1 aliphatic rings. The van der Waals surface area contributed by atoms with Gasteiger partial charge in [0, 0.05) is 22.5 Å². The Hall–Kier alpha value is -0.730. The summed E-state index contributed by atoms with van der Waals surface area (Å²) in [6.07, 6.45) is 3.71. The third-order valence-electron chi connectivity index (χ3n) is 3.48. The summed E-state index contributed by atoms with van der Waals surface area (Å²) in [4.78, 5) is 0. The summed E-state index contributed by atoms with van der Waals surface area (Å²) in [5.74, 6) is 1.48. The number of halogens is 1. The Morgan fingerprint density at radius 1 is 1.38 bits per heavy atom. The molecular weight excluding hydrogens is 222 g/mol. The number of rotatable bonds is 3. The smallest absolute Gasteiger partial charge is 0.122 e. The van der Waals surface area contributed by atoms with Gasteiger partial charge >= 0.3 is 0 Å². The Labute approximate surface area is 102 Å². The van der Waals surface area contributed by atoms with Gasteiger partial charge in [-0.3, -0.25) is 0 Å². The van der Waals surface area contributed by atoms with E-state index in [0.717, 1.165) is 10.8 Å². The second-order valence-corrected chi connectivity index (χ2v) is 4.76. The monoisotopic (exact) mass is 239 g/mol. The van der Waals surface area contributed by atoms with Gasteiger partial charge in [-0.25, -0.2) is 0 Å². The van der Waals surface area contributed by atoms with E-state index in [9.17, 15) is 0 Å². The number of methoxy groups -OCH3 is 1. The molecular formula is C13H18ClNO. The highest BCUT2D eigenvalue weighted by molar-refractivity contribution is 6.30. The fourth-order valence-corrected chi connectivity index (χ4v) is 2.85. The summed E-state index contributed by atoms with van der Waals surface area (Å²) in [7, 11) is 3.75. The molecule has 88 valence electrons. The van der Waals surface area contributed by atoms with Gasteiger partial charge in [-0.1, -0.05) is 18.0 Å². The first kappa shape index (κ1) is 11.7. The van der Waals surface area contributed by atoms with Gasteiger partial charge in [-0.05, 0) is 38.1 Å². The van der Waals surface area contributed by atoms with Crippen molar-refractivity contribution >= 4 is 11.6 Å². The Kier molecular flexibility index (Phi) is 3.72. The van der Waals surface area contributed by atoms with E-state index < -0.39 is 0 Å². The molecule has 1 saturated carbocycles. The first-order valence-corrected chi connectivity index (χ1v) is 6.14. The summed E-state index contributed by atoms with van der Waals surface area (Å²) in [5.41, 5.74) is 1.24. The van der Waals surface area contributed by atoms with Gasteiger partial charge < -0.3 is 10.1 Å². The lowest BCUT2D eigenvalue weighted by molar-refractivity contribution is 0.399. The maximum absolute atomic E-state index is 6.07. The zero-order chi connectivity index (χ0) is 11.5. The van der Waals surface area contributed by atoms with Crippen LogP contribution in [0.2, 0.25) is 5.02 Å². The van der Waals surface area contributed by atoms with Crippen molar-refractivity contribution in [2.45, 2.75) is 31.2 Å². The fourth-order valence-electron chi connectivity index (χ4n) is 2.67. The minimum absolute atomic E-state index is 0.527. The van der Waals surface area contributed by atoms with E-state index in [0.29, 0.717) is 12.0 Å². The van der Waals surface area contributed by atoms with Gasteiger partial charge in [0.05, 0.1) is 7.11 Å². The summed E-state index contributed by atoms with van der Waals surface area (Å²) in [6.45, 7) is 0. The zero-order valence-electron chi connectivity index (χ0n) is 9.79. The van der Waals surface area contributed by atoms with E-state index in [1.54, 1.807) is 7.11 Å². The molecule has 2 rings (SSSR count). The molecule has 0 aromatic heterocycles. The van der Waals surface area contributed by atoms with Crippen LogP contribution >= 0.6 is 11.6 Å². The van der Waals surface area contributed by atoms with Gasteiger partial charge in [0.25, 0.3) is 0 Å². The van der Waals surface area contributed by atoms with Crippen molar-refractivity contribution in [1.29, 1.82) is 0 Å². The van der Waals surface area contributed by atoms with Crippen LogP contribution in [0.5, 0.6) is 5.75 Å². The van der Waals surface area contributed by atoms with Gasteiger partial charge in [-0.2, -0.15) is 0 Å². The Morgan fingerprint density at radius 2 is 2.19 bits per heavy atom. The molecule has 0 amide bonds. The highest BCUT2D eigenvalue weighted by atomic mass is 35.5. The van der Waals surface area contributed by atoms with Crippen LogP contribution in [-0.2, 0) is 0 Å². The highest BCUT2D eigenvalue weighted by Crippen LogP contribution is 2.39. The molecule has 3 heteroatoms. The molecule has 2 nitrogen and oxygen atoms in total. The first-order chi connectivity index (χ1) is 7.76. The van der Waals surface area contributed by atoms with Gasteiger partial charge in [0.1, 0.15) is 5.75 Å². The molecule has 1 aromatic rings. The molecule has 0 bridgehead atoms. The molecule has 1 aliphatic carbocycles. The van der Waals surface area contributed by atoms with Crippen LogP contribution in [-0.4, -0.2) is 20.2 Å². The number of ether oxygens (including phenoxy) is 1. The predicted octanol–water partition coefficient (Wildman–Crippen LogP) is 3.20. The van der Waals surface area contributed by atoms with Crippen molar-refractivity contribution in [3.05, 3.63) is 28.8 Å². The molecule has 1 N–H and O–H groups in total. The normalized spacial score (nSPS) is 24.7. The predicted molar refractivity (Wildman–Crippen MR) is 67.4 cm³/mol. The number of nitrogens with one attached hydrogen (secondary N) is 1. The van der Waals surface area contributed by atoms with Crippen LogP contribution in [0.3, 0.4) is 0 Å². The zero-order valence-corrected chi connectivity index (χ0v) is 10.6. The first-order valence-electron chi connectivity index (χ1n) is 5.77. The Balaban J connectivity index is 2.34. The van der Waals surface area contributed by atoms with Crippen LogP contribution in [0.4, 0.5) is 0 Å². The van der Waals surface area contributed by atoms with Crippen LogP contribution < -0.4 is 10.1 Å². The lowest BCUT2D eigenvalue weighted by atomic mass is 9.93. The molecule has 2 atom stereocenters. The van der Waals surface area contributed by atoms with Crippen molar-refractivity contribution in [2.75, 3.05) is 14.2 Å². The van der Waals surface area contributed by atoms with Crippen LogP contribution in [0.15, 0.2) is 18.2 Å². The van der Waals surface area contributed by atoms with Gasteiger partial charge in [0.15, 0.2) is 0 Å². The van der Waals surface area contributed by atoms with Crippen molar-refractivity contribution in [3.8, 4) is 5.75 Å². The Morgan fingerprint density at radius 3 is 2.88 bits per heavy atom. The third-order valence-corrected chi connectivity index (χ3v) is 3.71. The van der Waals surface area contributed by atoms with Crippen molar-refractivity contribution in [1.82, 2.24) is 5.32 Å². The highest BCUT2D eigenvalue weighted by Gasteiger charge is 2.29.